The van der Waals surface area contributed by atoms with Crippen LogP contribution in [0.1, 0.15) is 144 Å². The molecule has 276 valence electrons. The molecule has 2 N–H and O–H groups in total. The Kier molecular flexibility index (Phi) is 14.4. The van der Waals surface area contributed by atoms with Crippen LogP contribution < -0.4 is 10.4 Å². The molecule has 1 heterocycles. The van der Waals surface area contributed by atoms with E-state index in [1.54, 1.807) is 0 Å². The normalized spacial score (nSPS) is 22.2. The molecule has 0 spiro atoms. The molecule has 1 aliphatic carbocycles. The summed E-state index contributed by atoms with van der Waals surface area (Å²) in [7, 11) is -2.81. The second-order valence-corrected chi connectivity index (χ2v) is 39.4. The summed E-state index contributed by atoms with van der Waals surface area (Å²) >= 11 is -0.248. The molecule has 0 aromatic heterocycles. The molecule has 1 saturated carbocycles. The summed E-state index contributed by atoms with van der Waals surface area (Å²) < 4.78 is 0. The number of phenolic OH excluding ortho intramolecular Hbond substituents is 2. The van der Waals surface area contributed by atoms with Gasteiger partial charge in [0, 0.05) is 0 Å². The van der Waals surface area contributed by atoms with Gasteiger partial charge in [0.25, 0.3) is 0 Å². The van der Waals surface area contributed by atoms with Crippen LogP contribution in [0.3, 0.4) is 0 Å². The zero-order valence-corrected chi connectivity index (χ0v) is 38.8. The molecule has 4 rings (SSSR count). The fraction of sp³-hybridized carbons (Fsp3) is 0.714. The molecule has 1 fully saturated rings. The molecule has 0 amide bonds. The average Bonchev–Trinajstić information content (AvgIpc) is 3.34. The second kappa shape index (κ2) is 16.9. The van der Waals surface area contributed by atoms with E-state index >= 15 is 0 Å². The zero-order chi connectivity index (χ0) is 36.4. The molecule has 0 saturated heterocycles. The minimum absolute atomic E-state index is 0.0655. The maximum absolute atomic E-state index is 12.2. The summed E-state index contributed by atoms with van der Waals surface area (Å²) in [6, 6.07) is 16.9. The van der Waals surface area contributed by atoms with Crippen LogP contribution in [0.5, 0.6) is 11.5 Å². The quantitative estimate of drug-likeness (QED) is 0.211. The van der Waals surface area contributed by atoms with E-state index in [1.807, 2.05) is 0 Å². The molecule has 7 heteroatoms. The molecule has 2 aromatic carbocycles. The summed E-state index contributed by atoms with van der Waals surface area (Å²) in [5.41, 5.74) is 5.53. The fourth-order valence-corrected chi connectivity index (χ4v) is 37.2. The molecule has 2 aliphatic rings. The third-order valence-electron chi connectivity index (χ3n) is 13.0. The summed E-state index contributed by atoms with van der Waals surface area (Å²) in [5, 5.41) is 28.7. The van der Waals surface area contributed by atoms with E-state index in [0.29, 0.717) is 27.4 Å². The van der Waals surface area contributed by atoms with Crippen molar-refractivity contribution >= 4 is 42.5 Å². The summed E-state index contributed by atoms with van der Waals surface area (Å²) in [4.78, 5) is 0. The van der Waals surface area contributed by atoms with Crippen molar-refractivity contribution in [2.45, 2.75) is 191 Å². The molecule has 1 aliphatic heterocycles. The Bertz CT molecular complexity index is 1410. The van der Waals surface area contributed by atoms with Gasteiger partial charge in [0.05, 0.1) is 0 Å². The first kappa shape index (κ1) is 41.6. The van der Waals surface area contributed by atoms with E-state index in [-0.39, 0.29) is 26.3 Å². The van der Waals surface area contributed by atoms with Gasteiger partial charge in [0.15, 0.2) is 0 Å². The molecular formula is C42H72O2S2Si2Ti. The monoisotopic (exact) mass is 776 g/mol. The van der Waals surface area contributed by atoms with Gasteiger partial charge in [0.2, 0.25) is 0 Å². The van der Waals surface area contributed by atoms with E-state index in [9.17, 15) is 10.2 Å². The van der Waals surface area contributed by atoms with Crippen LogP contribution in [0.2, 0.25) is 36.3 Å². The van der Waals surface area contributed by atoms with Gasteiger partial charge in [0.1, 0.15) is 0 Å². The number of hydrogen-bond acceptors (Lipinski definition) is 2. The molecule has 4 atom stereocenters. The number of hydrogen-bond donors (Lipinski definition) is 2. The van der Waals surface area contributed by atoms with E-state index < -0.39 is 16.1 Å². The molecule has 3 unspecified atom stereocenters. The Hall–Kier alpha value is -0.112. The number of phenols is 2. The first-order valence-electron chi connectivity index (χ1n) is 19.9. The first-order chi connectivity index (χ1) is 23.0. The van der Waals surface area contributed by atoms with Gasteiger partial charge in [-0.2, -0.15) is 0 Å². The molecule has 0 bridgehead atoms. The number of rotatable bonds is 12. The predicted molar refractivity (Wildman–Crippen MR) is 225 cm³/mol. The van der Waals surface area contributed by atoms with Crippen LogP contribution in [0.25, 0.3) is 0 Å². The Morgan fingerprint density at radius 3 is 1.18 bits per heavy atom. The Morgan fingerprint density at radius 2 is 0.898 bits per heavy atom. The maximum atomic E-state index is 12.2. The average molecular weight is 777 g/mol. The van der Waals surface area contributed by atoms with Crippen molar-refractivity contribution in [1.82, 2.24) is 0 Å². The zero-order valence-electron chi connectivity index (χ0n) is 33.6. The molecular weight excluding hydrogens is 705 g/mol. The van der Waals surface area contributed by atoms with E-state index in [2.05, 4.69) is 107 Å². The minimum atomic E-state index is -1.77. The van der Waals surface area contributed by atoms with Crippen LogP contribution in [0, 0.1) is 0 Å². The van der Waals surface area contributed by atoms with E-state index in [0.717, 1.165) is 22.0 Å². The van der Waals surface area contributed by atoms with Gasteiger partial charge in [-0.15, -0.1) is 0 Å². The van der Waals surface area contributed by atoms with Crippen molar-refractivity contribution in [1.29, 1.82) is 0 Å². The van der Waals surface area contributed by atoms with Gasteiger partial charge < -0.3 is 0 Å². The van der Waals surface area contributed by atoms with Gasteiger partial charge >= 0.3 is 317 Å². The summed E-state index contributed by atoms with van der Waals surface area (Å²) in [5.74, 6) is 3.54. The molecule has 2 nitrogen and oxygen atoms in total. The van der Waals surface area contributed by atoms with Crippen molar-refractivity contribution < 1.29 is 25.7 Å². The summed E-state index contributed by atoms with van der Waals surface area (Å²) in [6.45, 7) is 28.4. The van der Waals surface area contributed by atoms with Crippen LogP contribution in [-0.4, -0.2) is 36.9 Å². The molecule has 2 aromatic rings. The Morgan fingerprint density at radius 1 is 0.571 bits per heavy atom. The fourth-order valence-electron chi connectivity index (χ4n) is 8.86. The van der Waals surface area contributed by atoms with Crippen LogP contribution >= 0.6 is 15.9 Å². The van der Waals surface area contributed by atoms with E-state index in [1.165, 1.54) is 107 Å². The van der Waals surface area contributed by atoms with Gasteiger partial charge in [-0.1, -0.05) is 0 Å². The summed E-state index contributed by atoms with van der Waals surface area (Å²) in [6.07, 6.45) is 8.27. The van der Waals surface area contributed by atoms with Crippen LogP contribution in [0.15, 0.2) is 24.3 Å². The van der Waals surface area contributed by atoms with E-state index in [4.69, 9.17) is 0 Å². The second-order valence-electron chi connectivity index (χ2n) is 17.5. The van der Waals surface area contributed by atoms with Crippen molar-refractivity contribution in [3.63, 3.8) is 0 Å². The standard InChI is InChI=1S/C42H72O2S2Si2.Ti/c1-13-47(14-2,15-3)37-27-33(41(7,8)9)25-31(39(37)43)29-45-35-23-21-19-20-22-24-36(35)46-30-32-26-34(42(10,11)12)28-38(40(32)44)48(16-4,17-5)18-6;/h25-28,35-36,43-44H,13-24,29-30H2,1-12H3;/t35-,36?;/m0./s1. The molecule has 49 heavy (non-hydrogen) atoms. The third-order valence-corrected chi connectivity index (χ3v) is 40.1. The van der Waals surface area contributed by atoms with Crippen molar-refractivity contribution in [2.24, 2.45) is 0 Å². The first-order valence-corrected chi connectivity index (χ1v) is 31.9. The van der Waals surface area contributed by atoms with Crippen LogP contribution in [-0.2, 0) is 37.8 Å². The van der Waals surface area contributed by atoms with Crippen molar-refractivity contribution in [3.05, 3.63) is 46.5 Å². The van der Waals surface area contributed by atoms with Crippen molar-refractivity contribution in [3.8, 4) is 11.5 Å². The molecule has 0 radical (unpaired) electrons. The third kappa shape index (κ3) is 8.83. The Labute approximate surface area is 314 Å². The van der Waals surface area contributed by atoms with Crippen molar-refractivity contribution in [2.75, 3.05) is 0 Å². The van der Waals surface area contributed by atoms with Gasteiger partial charge in [-0.05, 0) is 0 Å². The number of benzene rings is 2. The topological polar surface area (TPSA) is 40.5 Å². The van der Waals surface area contributed by atoms with Gasteiger partial charge in [-0.25, -0.2) is 0 Å². The Balaban J connectivity index is 1.91. The SMILES string of the molecule is CC[Si](CC)(CC)c1cc(C(C)(C)C)cc(C[S]2=[Ti]=[S](Cc3cc(C(C)(C)C)cc([Si](CC)(CC)CC)c3O)[C@H]3CCCCCCC32)c1O. The number of fused-ring (bicyclic) bond motifs is 1. The van der Waals surface area contributed by atoms with Gasteiger partial charge in [-0.3, -0.25) is 0 Å². The predicted octanol–water partition coefficient (Wildman–Crippen LogP) is 12.4. The van der Waals surface area contributed by atoms with Crippen LogP contribution in [0.4, 0.5) is 0 Å². The number of aromatic hydroxyl groups is 2.